The lowest BCUT2D eigenvalue weighted by molar-refractivity contribution is -0.139. The molecule has 13 heteroatoms. The van der Waals surface area contributed by atoms with Crippen LogP contribution in [0, 0.1) is 34.0 Å². The molecule has 0 heterocycles. The Hall–Kier alpha value is -6.88. The van der Waals surface area contributed by atoms with E-state index in [0.717, 1.165) is 56.3 Å². The molecule has 0 aromatic heterocycles. The van der Waals surface area contributed by atoms with E-state index in [-0.39, 0.29) is 56.2 Å². The third kappa shape index (κ3) is 15.3. The lowest BCUT2D eigenvalue weighted by atomic mass is 10.1. The summed E-state index contributed by atoms with van der Waals surface area (Å²) in [5, 5.41) is 29.3. The van der Waals surface area contributed by atoms with Gasteiger partial charge in [-0.3, -0.25) is 4.90 Å². The number of hydrogen-bond acceptors (Lipinski definition) is 13. The molecule has 0 aliphatic heterocycles. The molecule has 0 N–H and O–H groups in total. The van der Waals surface area contributed by atoms with Gasteiger partial charge in [0.15, 0.2) is 0 Å². The molecule has 0 aliphatic carbocycles. The van der Waals surface area contributed by atoms with E-state index in [1.54, 1.807) is 4.90 Å². The first-order valence-electron chi connectivity index (χ1n) is 20.7. The topological polar surface area (TPSA) is 163 Å². The van der Waals surface area contributed by atoms with Crippen LogP contribution in [0.15, 0.2) is 89.5 Å². The number of benzene rings is 3. The van der Waals surface area contributed by atoms with Crippen molar-refractivity contribution in [3.05, 3.63) is 106 Å². The maximum atomic E-state index is 13.0. The van der Waals surface area contributed by atoms with Crippen LogP contribution in [-0.4, -0.2) is 102 Å². The Morgan fingerprint density at radius 3 is 0.869 bits per heavy atom. The summed E-state index contributed by atoms with van der Waals surface area (Å²) in [6.07, 6.45) is 4.39. The Balaban J connectivity index is 1.69. The lowest BCUT2D eigenvalue weighted by Crippen LogP contribution is -2.35. The number of carbonyl (C=O) groups is 3. The molecule has 0 aliphatic rings. The normalized spacial score (nSPS) is 11.5. The number of carbonyl (C=O) groups excluding carboxylic acids is 3. The van der Waals surface area contributed by atoms with Crippen molar-refractivity contribution in [2.45, 2.75) is 41.5 Å². The minimum absolute atomic E-state index is 0.123. The second-order valence-corrected chi connectivity index (χ2v) is 13.6. The molecular formula is C48H57N7O6. The van der Waals surface area contributed by atoms with Crippen LogP contribution in [0.25, 0.3) is 18.2 Å². The van der Waals surface area contributed by atoms with Crippen molar-refractivity contribution in [1.82, 2.24) is 4.90 Å². The van der Waals surface area contributed by atoms with Gasteiger partial charge in [-0.2, -0.15) is 15.8 Å². The van der Waals surface area contributed by atoms with Crippen molar-refractivity contribution < 1.29 is 28.6 Å². The zero-order valence-electron chi connectivity index (χ0n) is 36.2. The van der Waals surface area contributed by atoms with Crippen molar-refractivity contribution in [1.29, 1.82) is 15.8 Å². The van der Waals surface area contributed by atoms with Crippen LogP contribution in [0.3, 0.4) is 0 Å². The molecule has 61 heavy (non-hydrogen) atoms. The average molecular weight is 828 g/mol. The van der Waals surface area contributed by atoms with Gasteiger partial charge in [0.1, 0.15) is 54.7 Å². The third-order valence-electron chi connectivity index (χ3n) is 9.94. The van der Waals surface area contributed by atoms with E-state index in [2.05, 4.69) is 56.2 Å². The smallest absolute Gasteiger partial charge is 0.348 e. The summed E-state index contributed by atoms with van der Waals surface area (Å²) in [7, 11) is 0. The van der Waals surface area contributed by atoms with E-state index in [0.29, 0.717) is 16.7 Å². The number of anilines is 3. The molecular weight excluding hydrogens is 771 g/mol. The van der Waals surface area contributed by atoms with Gasteiger partial charge in [-0.05, 0) is 113 Å². The van der Waals surface area contributed by atoms with Gasteiger partial charge in [0, 0.05) is 76.0 Å². The van der Waals surface area contributed by atoms with Crippen LogP contribution in [0.5, 0.6) is 0 Å². The Morgan fingerprint density at radius 1 is 0.443 bits per heavy atom. The molecule has 0 saturated carbocycles. The van der Waals surface area contributed by atoms with Crippen molar-refractivity contribution in [3.63, 3.8) is 0 Å². The highest BCUT2D eigenvalue weighted by Gasteiger charge is 2.17. The van der Waals surface area contributed by atoms with Crippen LogP contribution in [0.1, 0.15) is 58.2 Å². The predicted molar refractivity (Wildman–Crippen MR) is 240 cm³/mol. The zero-order chi connectivity index (χ0) is 44.6. The van der Waals surface area contributed by atoms with E-state index in [4.69, 9.17) is 14.2 Å². The fourth-order valence-corrected chi connectivity index (χ4v) is 6.39. The Kier molecular flexibility index (Phi) is 20.9. The molecule has 0 spiro atoms. The molecule has 320 valence electrons. The predicted octanol–water partition coefficient (Wildman–Crippen LogP) is 7.28. The molecule has 13 nitrogen and oxygen atoms in total. The largest absolute Gasteiger partial charge is 0.460 e. The van der Waals surface area contributed by atoms with Gasteiger partial charge in [0.25, 0.3) is 0 Å². The van der Waals surface area contributed by atoms with Gasteiger partial charge in [-0.1, -0.05) is 36.4 Å². The average Bonchev–Trinajstić information content (AvgIpc) is 3.28. The molecule has 0 amide bonds. The van der Waals surface area contributed by atoms with Crippen LogP contribution >= 0.6 is 0 Å². The highest BCUT2D eigenvalue weighted by molar-refractivity contribution is 5.99. The number of hydrogen-bond donors (Lipinski definition) is 0. The Labute approximate surface area is 360 Å². The fourth-order valence-electron chi connectivity index (χ4n) is 6.39. The number of nitrogens with zero attached hydrogens (tertiary/aromatic N) is 7. The van der Waals surface area contributed by atoms with Crippen LogP contribution in [0.2, 0.25) is 0 Å². The molecule has 3 aromatic carbocycles. The molecule has 0 fully saturated rings. The SMILES string of the molecule is CCN(CC)c1ccc(C=C(C#N)C(=O)OCCN(CCOC(=O)C(C#N)=Cc2ccc(N(CC)CC)cc2)CCOC(=O)C(C#N)=Cc2ccc(N(CC)CC)cc2)cc1. The number of rotatable bonds is 24. The maximum absolute atomic E-state index is 13.0. The number of ether oxygens (including phenoxy) is 3. The monoisotopic (exact) mass is 827 g/mol. The second-order valence-electron chi connectivity index (χ2n) is 13.6. The van der Waals surface area contributed by atoms with Crippen LogP contribution < -0.4 is 14.7 Å². The molecule has 0 radical (unpaired) electrons. The Morgan fingerprint density at radius 2 is 0.672 bits per heavy atom. The van der Waals surface area contributed by atoms with Crippen LogP contribution in [-0.2, 0) is 28.6 Å². The molecule has 0 bridgehead atoms. The maximum Gasteiger partial charge on any atom is 0.348 e. The summed E-state index contributed by atoms with van der Waals surface area (Å²) in [5.74, 6) is -2.43. The van der Waals surface area contributed by atoms with E-state index >= 15 is 0 Å². The number of esters is 3. The molecule has 3 rings (SSSR count). The van der Waals surface area contributed by atoms with Crippen molar-refractivity contribution >= 4 is 53.2 Å². The lowest BCUT2D eigenvalue weighted by Gasteiger charge is -2.22. The fraction of sp³-hybridized carbons (Fsp3) is 0.375. The summed E-state index contributed by atoms with van der Waals surface area (Å²) >= 11 is 0. The van der Waals surface area contributed by atoms with Gasteiger partial charge in [0.05, 0.1) is 0 Å². The highest BCUT2D eigenvalue weighted by atomic mass is 16.5. The van der Waals surface area contributed by atoms with Gasteiger partial charge < -0.3 is 28.9 Å². The summed E-state index contributed by atoms with van der Waals surface area (Å²) in [4.78, 5) is 47.2. The van der Waals surface area contributed by atoms with Crippen molar-refractivity contribution in [2.75, 3.05) is 93.4 Å². The van der Waals surface area contributed by atoms with E-state index in [1.807, 2.05) is 91.0 Å². The standard InChI is InChI=1S/C48H57N7O6/c1-7-53(8-2)43-19-13-37(14-20-43)31-40(34-49)46(56)59-28-25-52(26-29-60-47(57)41(35-50)32-38-15-21-44(22-16-38)54(9-3)10-4)27-30-61-48(58)42(36-51)33-39-17-23-45(24-18-39)55(11-5)12-6/h13-24,31-33H,7-12,25-30H2,1-6H3. The highest BCUT2D eigenvalue weighted by Crippen LogP contribution is 2.20. The summed E-state index contributed by atoms with van der Waals surface area (Å²) in [6, 6.07) is 28.3. The van der Waals surface area contributed by atoms with Crippen molar-refractivity contribution in [3.8, 4) is 18.2 Å². The molecule has 0 atom stereocenters. The zero-order valence-corrected chi connectivity index (χ0v) is 36.2. The second kappa shape index (κ2) is 26.3. The van der Waals surface area contributed by atoms with Crippen molar-refractivity contribution in [2.24, 2.45) is 0 Å². The van der Waals surface area contributed by atoms with Gasteiger partial charge in [-0.15, -0.1) is 0 Å². The summed E-state index contributed by atoms with van der Waals surface area (Å²) in [6.45, 7) is 17.4. The summed E-state index contributed by atoms with van der Waals surface area (Å²) in [5.41, 5.74) is 4.55. The first kappa shape index (κ1) is 48.5. The quantitative estimate of drug-likeness (QED) is 0.0384. The van der Waals surface area contributed by atoms with E-state index < -0.39 is 17.9 Å². The van der Waals surface area contributed by atoms with Gasteiger partial charge in [-0.25, -0.2) is 14.4 Å². The minimum atomic E-state index is -0.809. The van der Waals surface area contributed by atoms with E-state index in [1.165, 1.54) is 18.2 Å². The first-order valence-corrected chi connectivity index (χ1v) is 20.7. The first-order chi connectivity index (χ1) is 29.6. The molecule has 0 saturated heterocycles. The minimum Gasteiger partial charge on any atom is -0.460 e. The molecule has 3 aromatic rings. The van der Waals surface area contributed by atoms with Crippen LogP contribution in [0.4, 0.5) is 17.1 Å². The number of nitriles is 3. The Bertz CT molecular complexity index is 1850. The van der Waals surface area contributed by atoms with E-state index in [9.17, 15) is 30.2 Å². The molecule has 0 unspecified atom stereocenters. The third-order valence-corrected chi connectivity index (χ3v) is 9.94. The van der Waals surface area contributed by atoms with Gasteiger partial charge >= 0.3 is 17.9 Å². The summed E-state index contributed by atoms with van der Waals surface area (Å²) < 4.78 is 16.4. The van der Waals surface area contributed by atoms with Gasteiger partial charge in [0.2, 0.25) is 0 Å².